The summed E-state index contributed by atoms with van der Waals surface area (Å²) in [6.45, 7) is 3.94. The predicted molar refractivity (Wildman–Crippen MR) is 105 cm³/mol. The van der Waals surface area contributed by atoms with Gasteiger partial charge in [-0.1, -0.05) is 19.1 Å². The summed E-state index contributed by atoms with van der Waals surface area (Å²) in [6, 6.07) is 5.39. The smallest absolute Gasteiger partial charge is 0.310 e. The van der Waals surface area contributed by atoms with Gasteiger partial charge in [-0.25, -0.2) is 8.42 Å². The fourth-order valence-corrected chi connectivity index (χ4v) is 5.26. The SMILES string of the molecule is CCCN(C(=O)COC(=O)Cc1coc2cc(C)ccc12)[C@H]1CCS(=O)(=O)C1. The number of carbonyl (C=O) groups excluding carboxylic acids is 2. The van der Waals surface area contributed by atoms with E-state index in [1.165, 1.54) is 11.2 Å². The third-order valence-electron chi connectivity index (χ3n) is 4.94. The van der Waals surface area contributed by atoms with Crippen LogP contribution < -0.4 is 0 Å². The van der Waals surface area contributed by atoms with Crippen molar-refractivity contribution in [2.24, 2.45) is 0 Å². The number of fused-ring (bicyclic) bond motifs is 1. The van der Waals surface area contributed by atoms with Crippen LogP contribution in [0.1, 0.15) is 30.9 Å². The molecule has 1 aliphatic rings. The van der Waals surface area contributed by atoms with Crippen LogP contribution in [0.4, 0.5) is 0 Å². The Hall–Kier alpha value is -2.35. The molecular formula is C20H25NO6S. The normalized spacial score (nSPS) is 18.3. The lowest BCUT2D eigenvalue weighted by Gasteiger charge is -2.27. The van der Waals surface area contributed by atoms with Gasteiger partial charge < -0.3 is 14.1 Å². The first-order chi connectivity index (χ1) is 13.3. The highest BCUT2D eigenvalue weighted by Gasteiger charge is 2.34. The number of benzene rings is 1. The average Bonchev–Trinajstić information content (AvgIpc) is 3.20. The minimum absolute atomic E-state index is 0.00886. The zero-order valence-electron chi connectivity index (χ0n) is 16.1. The summed E-state index contributed by atoms with van der Waals surface area (Å²) in [4.78, 5) is 26.3. The number of rotatable bonds is 7. The third kappa shape index (κ3) is 4.73. The molecule has 0 radical (unpaired) electrons. The summed E-state index contributed by atoms with van der Waals surface area (Å²) in [6.07, 6.45) is 2.67. The number of nitrogens with zero attached hydrogens (tertiary/aromatic N) is 1. The van der Waals surface area contributed by atoms with Gasteiger partial charge in [0.1, 0.15) is 5.58 Å². The van der Waals surface area contributed by atoms with Crippen molar-refractivity contribution < 1.29 is 27.2 Å². The van der Waals surface area contributed by atoms with E-state index in [-0.39, 0.29) is 36.5 Å². The molecule has 3 rings (SSSR count). The lowest BCUT2D eigenvalue weighted by Crippen LogP contribution is -2.43. The summed E-state index contributed by atoms with van der Waals surface area (Å²) < 4.78 is 34.1. The summed E-state index contributed by atoms with van der Waals surface area (Å²) in [7, 11) is -3.09. The standard InChI is InChI=1S/C20H25NO6S/c1-3-7-21(16-6-8-28(24,25)13-16)19(22)12-27-20(23)10-15-11-26-18-9-14(2)4-5-17(15)18/h4-5,9,11,16H,3,6-8,10,12-13H2,1-2H3/t16-/m0/s1. The van der Waals surface area contributed by atoms with Gasteiger partial charge in [-0.3, -0.25) is 9.59 Å². The second kappa shape index (κ2) is 8.34. The van der Waals surface area contributed by atoms with Gasteiger partial charge in [0, 0.05) is 23.5 Å². The monoisotopic (exact) mass is 407 g/mol. The van der Waals surface area contributed by atoms with Crippen molar-refractivity contribution >= 4 is 32.7 Å². The van der Waals surface area contributed by atoms with Crippen molar-refractivity contribution in [2.75, 3.05) is 24.7 Å². The van der Waals surface area contributed by atoms with E-state index in [1.807, 2.05) is 32.0 Å². The lowest BCUT2D eigenvalue weighted by molar-refractivity contribution is -0.152. The molecule has 7 nitrogen and oxygen atoms in total. The number of esters is 1. The Morgan fingerprint density at radius 3 is 2.79 bits per heavy atom. The topological polar surface area (TPSA) is 93.9 Å². The Kier molecular flexibility index (Phi) is 6.07. The molecule has 1 aliphatic heterocycles. The van der Waals surface area contributed by atoms with Gasteiger partial charge in [-0.15, -0.1) is 0 Å². The van der Waals surface area contributed by atoms with Gasteiger partial charge in [0.15, 0.2) is 16.4 Å². The van der Waals surface area contributed by atoms with Crippen LogP contribution in [0.15, 0.2) is 28.9 Å². The second-order valence-electron chi connectivity index (χ2n) is 7.24. The van der Waals surface area contributed by atoms with Crippen LogP contribution in [0, 0.1) is 6.92 Å². The van der Waals surface area contributed by atoms with E-state index in [9.17, 15) is 18.0 Å². The van der Waals surface area contributed by atoms with Gasteiger partial charge >= 0.3 is 5.97 Å². The Labute approximate surface area is 164 Å². The molecule has 2 heterocycles. The molecule has 0 saturated carbocycles. The molecule has 0 N–H and O–H groups in total. The first-order valence-corrected chi connectivity index (χ1v) is 11.2. The Morgan fingerprint density at radius 2 is 2.11 bits per heavy atom. The van der Waals surface area contributed by atoms with Crippen LogP contribution in [0.5, 0.6) is 0 Å². The minimum atomic E-state index is -3.09. The molecule has 1 saturated heterocycles. The molecule has 0 spiro atoms. The molecule has 1 fully saturated rings. The first kappa shape index (κ1) is 20.4. The molecule has 0 bridgehead atoms. The van der Waals surface area contributed by atoms with Crippen molar-refractivity contribution in [1.29, 1.82) is 0 Å². The average molecular weight is 407 g/mol. The van der Waals surface area contributed by atoms with E-state index in [4.69, 9.17) is 9.15 Å². The van der Waals surface area contributed by atoms with E-state index in [2.05, 4.69) is 0 Å². The number of amides is 1. The maximum atomic E-state index is 12.5. The zero-order chi connectivity index (χ0) is 20.3. The molecule has 0 aliphatic carbocycles. The highest BCUT2D eigenvalue weighted by molar-refractivity contribution is 7.91. The molecule has 8 heteroatoms. The van der Waals surface area contributed by atoms with Crippen molar-refractivity contribution in [2.45, 2.75) is 39.2 Å². The van der Waals surface area contributed by atoms with Crippen LogP contribution in [-0.2, 0) is 30.6 Å². The number of furan rings is 1. The molecule has 1 aromatic carbocycles. The third-order valence-corrected chi connectivity index (χ3v) is 6.69. The van der Waals surface area contributed by atoms with Crippen molar-refractivity contribution in [3.8, 4) is 0 Å². The highest BCUT2D eigenvalue weighted by Crippen LogP contribution is 2.23. The summed E-state index contributed by atoms with van der Waals surface area (Å²) in [5, 5.41) is 0.845. The van der Waals surface area contributed by atoms with E-state index < -0.39 is 15.8 Å². The molecule has 0 unspecified atom stereocenters. The van der Waals surface area contributed by atoms with Crippen molar-refractivity contribution in [3.63, 3.8) is 0 Å². The largest absolute Gasteiger partial charge is 0.464 e. The predicted octanol–water partition coefficient (Wildman–Crippen LogP) is 2.25. The Morgan fingerprint density at radius 1 is 1.32 bits per heavy atom. The number of sulfone groups is 1. The quantitative estimate of drug-likeness (QED) is 0.654. The molecule has 1 aromatic heterocycles. The maximum Gasteiger partial charge on any atom is 0.310 e. The Bertz CT molecular complexity index is 978. The van der Waals surface area contributed by atoms with Gasteiger partial charge in [0.2, 0.25) is 0 Å². The van der Waals surface area contributed by atoms with Crippen LogP contribution >= 0.6 is 0 Å². The number of carbonyl (C=O) groups is 2. The molecule has 152 valence electrons. The first-order valence-electron chi connectivity index (χ1n) is 9.41. The molecule has 2 aromatic rings. The van der Waals surface area contributed by atoms with Crippen LogP contribution in [-0.4, -0.2) is 55.9 Å². The number of hydrogen-bond donors (Lipinski definition) is 0. The fraction of sp³-hybridized carbons (Fsp3) is 0.500. The van der Waals surface area contributed by atoms with Gasteiger partial charge in [-0.2, -0.15) is 0 Å². The van der Waals surface area contributed by atoms with Gasteiger partial charge in [0.05, 0.1) is 24.2 Å². The van der Waals surface area contributed by atoms with Gasteiger partial charge in [-0.05, 0) is 31.4 Å². The van der Waals surface area contributed by atoms with Crippen LogP contribution in [0.3, 0.4) is 0 Å². The fourth-order valence-electron chi connectivity index (χ4n) is 3.53. The second-order valence-corrected chi connectivity index (χ2v) is 9.47. The number of aryl methyl sites for hydroxylation is 1. The summed E-state index contributed by atoms with van der Waals surface area (Å²) >= 11 is 0. The van der Waals surface area contributed by atoms with E-state index in [0.29, 0.717) is 30.5 Å². The molecule has 28 heavy (non-hydrogen) atoms. The summed E-state index contributed by atoms with van der Waals surface area (Å²) in [5.74, 6) is -0.803. The number of hydrogen-bond acceptors (Lipinski definition) is 6. The molecular weight excluding hydrogens is 382 g/mol. The van der Waals surface area contributed by atoms with Crippen LogP contribution in [0.2, 0.25) is 0 Å². The van der Waals surface area contributed by atoms with Crippen LogP contribution in [0.25, 0.3) is 11.0 Å². The lowest BCUT2D eigenvalue weighted by atomic mass is 10.1. The minimum Gasteiger partial charge on any atom is -0.464 e. The van der Waals surface area contributed by atoms with E-state index in [0.717, 1.165) is 10.9 Å². The van der Waals surface area contributed by atoms with Crippen molar-refractivity contribution in [1.82, 2.24) is 4.90 Å². The van der Waals surface area contributed by atoms with E-state index >= 15 is 0 Å². The van der Waals surface area contributed by atoms with E-state index in [1.54, 1.807) is 0 Å². The summed E-state index contributed by atoms with van der Waals surface area (Å²) in [5.41, 5.74) is 2.47. The number of ether oxygens (including phenoxy) is 1. The highest BCUT2D eigenvalue weighted by atomic mass is 32.2. The maximum absolute atomic E-state index is 12.5. The molecule has 1 amide bonds. The Balaban J connectivity index is 1.58. The zero-order valence-corrected chi connectivity index (χ0v) is 17.0. The molecule has 1 atom stereocenters. The van der Waals surface area contributed by atoms with Gasteiger partial charge in [0.25, 0.3) is 5.91 Å². The van der Waals surface area contributed by atoms with Crippen molar-refractivity contribution in [3.05, 3.63) is 35.6 Å².